The average molecular weight is 910 g/mol. The molecule has 3 aliphatic heterocycles. The minimum Gasteiger partial charge on any atom is -0.497 e. The number of pyridine rings is 1. The third-order valence-electron chi connectivity index (χ3n) is 13.3. The number of hydrogen-bond acceptors (Lipinski definition) is 11. The van der Waals surface area contributed by atoms with Gasteiger partial charge in [-0.2, -0.15) is 18.2 Å². The van der Waals surface area contributed by atoms with Gasteiger partial charge in [-0.1, -0.05) is 32.4 Å². The molecule has 15 nitrogen and oxygen atoms in total. The van der Waals surface area contributed by atoms with Crippen molar-refractivity contribution in [3.63, 3.8) is 0 Å². The van der Waals surface area contributed by atoms with Crippen molar-refractivity contribution in [1.82, 2.24) is 25.2 Å². The molecule has 4 amide bonds. The van der Waals surface area contributed by atoms with E-state index in [9.17, 15) is 40.4 Å². The van der Waals surface area contributed by atoms with Crippen molar-refractivity contribution in [2.75, 3.05) is 26.9 Å². The summed E-state index contributed by atoms with van der Waals surface area (Å²) in [5.74, 6) is -3.01. The number of allylic oxidation sites excluding steroid dienone is 1. The van der Waals surface area contributed by atoms with Gasteiger partial charge in [-0.3, -0.25) is 19.1 Å². The Balaban J connectivity index is 1.26. The number of carbonyl (C=O) groups excluding carboxylic acids is 4. The van der Waals surface area contributed by atoms with E-state index in [0.29, 0.717) is 69.6 Å². The Bertz CT molecular complexity index is 2270. The monoisotopic (exact) mass is 909 g/mol. The van der Waals surface area contributed by atoms with Gasteiger partial charge in [0, 0.05) is 23.3 Å². The molecular formula is C43H55F4N5O10S. The van der Waals surface area contributed by atoms with E-state index in [1.165, 1.54) is 12.0 Å². The van der Waals surface area contributed by atoms with Gasteiger partial charge < -0.3 is 34.5 Å². The van der Waals surface area contributed by atoms with E-state index >= 15 is 4.79 Å². The predicted octanol–water partition coefficient (Wildman–Crippen LogP) is 5.58. The smallest absolute Gasteiger partial charge is 0.427 e. The lowest BCUT2D eigenvalue weighted by Crippen LogP contribution is -2.60. The molecule has 346 valence electrons. The number of benzene rings is 1. The minimum atomic E-state index is -4.94. The summed E-state index contributed by atoms with van der Waals surface area (Å²) in [6.45, 7) is 4.04. The Hall–Kier alpha value is -4.88. The van der Waals surface area contributed by atoms with Crippen LogP contribution in [0.3, 0.4) is 0 Å². The van der Waals surface area contributed by atoms with E-state index in [4.69, 9.17) is 23.9 Å². The van der Waals surface area contributed by atoms with Gasteiger partial charge >= 0.3 is 12.3 Å². The van der Waals surface area contributed by atoms with Crippen LogP contribution < -0.4 is 29.6 Å². The predicted molar refractivity (Wildman–Crippen MR) is 220 cm³/mol. The maximum Gasteiger partial charge on any atom is 0.427 e. The van der Waals surface area contributed by atoms with E-state index in [-0.39, 0.29) is 44.0 Å². The fourth-order valence-corrected chi connectivity index (χ4v) is 10.3. The maximum absolute atomic E-state index is 15.0. The molecule has 7 atom stereocenters. The fourth-order valence-electron chi connectivity index (χ4n) is 8.86. The quantitative estimate of drug-likeness (QED) is 0.199. The number of aryl methyl sites for hydroxylation is 1. The van der Waals surface area contributed by atoms with Gasteiger partial charge in [-0.25, -0.2) is 17.6 Å². The number of amides is 4. The van der Waals surface area contributed by atoms with E-state index in [0.717, 1.165) is 17.4 Å². The number of sulfonamides is 1. The molecule has 1 aromatic heterocycles. The highest BCUT2D eigenvalue weighted by atomic mass is 32.2. The normalized spacial score (nSPS) is 29.0. The summed E-state index contributed by atoms with van der Waals surface area (Å²) in [6, 6.07) is 2.46. The molecule has 3 N–H and O–H groups in total. The van der Waals surface area contributed by atoms with Crippen LogP contribution in [0, 0.1) is 17.8 Å². The van der Waals surface area contributed by atoms with Crippen molar-refractivity contribution in [2.24, 2.45) is 17.8 Å². The van der Waals surface area contributed by atoms with Crippen LogP contribution >= 0.6 is 0 Å². The Morgan fingerprint density at radius 2 is 1.87 bits per heavy atom. The van der Waals surface area contributed by atoms with Crippen LogP contribution in [0.5, 0.6) is 17.5 Å². The first-order chi connectivity index (χ1) is 29.7. The van der Waals surface area contributed by atoms with Gasteiger partial charge in [-0.15, -0.1) is 0 Å². The third kappa shape index (κ3) is 9.10. The molecule has 63 heavy (non-hydrogen) atoms. The minimum absolute atomic E-state index is 0.00673. The number of aromatic nitrogens is 1. The van der Waals surface area contributed by atoms with Gasteiger partial charge in [0.25, 0.3) is 5.91 Å². The number of fused-ring (bicyclic) bond motifs is 5. The Morgan fingerprint density at radius 1 is 1.13 bits per heavy atom. The van der Waals surface area contributed by atoms with Crippen molar-refractivity contribution in [2.45, 2.75) is 132 Å². The molecule has 0 spiro atoms. The first kappa shape index (κ1) is 46.1. The van der Waals surface area contributed by atoms with Crippen molar-refractivity contribution in [3.8, 4) is 17.5 Å². The summed E-state index contributed by atoms with van der Waals surface area (Å²) >= 11 is 0. The topological polar surface area (TPSA) is 192 Å². The molecule has 20 heteroatoms. The zero-order valence-corrected chi connectivity index (χ0v) is 36.8. The maximum atomic E-state index is 15.0. The highest BCUT2D eigenvalue weighted by molar-refractivity contribution is 7.91. The Morgan fingerprint density at radius 3 is 2.54 bits per heavy atom. The number of rotatable bonds is 10. The second-order valence-corrected chi connectivity index (χ2v) is 20.2. The average Bonchev–Trinajstić information content (AvgIpc) is 4.14. The number of carbonyl (C=O) groups is 4. The van der Waals surface area contributed by atoms with Gasteiger partial charge in [0.1, 0.15) is 40.9 Å². The molecular weight excluding hydrogens is 855 g/mol. The van der Waals surface area contributed by atoms with Gasteiger partial charge in [0.15, 0.2) is 0 Å². The largest absolute Gasteiger partial charge is 0.497 e. The second kappa shape index (κ2) is 17.3. The summed E-state index contributed by atoms with van der Waals surface area (Å²) in [5, 5.41) is 6.53. The van der Waals surface area contributed by atoms with E-state index in [1.54, 1.807) is 25.1 Å². The molecule has 7 rings (SSSR count). The highest BCUT2D eigenvalue weighted by Crippen LogP contribution is 2.48. The molecule has 1 saturated heterocycles. The van der Waals surface area contributed by atoms with Gasteiger partial charge in [0.05, 0.1) is 20.3 Å². The Labute approximate surface area is 363 Å². The van der Waals surface area contributed by atoms with Crippen molar-refractivity contribution >= 4 is 44.6 Å². The molecule has 4 heterocycles. The van der Waals surface area contributed by atoms with Crippen LogP contribution in [0.2, 0.25) is 0 Å². The first-order valence-corrected chi connectivity index (χ1v) is 22.9. The van der Waals surface area contributed by atoms with E-state index in [1.807, 2.05) is 23.8 Å². The summed E-state index contributed by atoms with van der Waals surface area (Å²) in [6.07, 6.45) is -0.794. The molecule has 0 radical (unpaired) electrons. The summed E-state index contributed by atoms with van der Waals surface area (Å²) in [5.41, 5.74) is -3.85. The molecule has 5 aliphatic rings. The molecule has 2 aromatic rings. The van der Waals surface area contributed by atoms with Crippen molar-refractivity contribution < 1.29 is 64.1 Å². The zero-order valence-electron chi connectivity index (χ0n) is 35.9. The van der Waals surface area contributed by atoms with Crippen molar-refractivity contribution in [3.05, 3.63) is 35.9 Å². The summed E-state index contributed by atoms with van der Waals surface area (Å²) in [4.78, 5) is 63.0. The number of ether oxygens (including phenoxy) is 4. The number of nitrogens with zero attached hydrogens (tertiary/aromatic N) is 2. The first-order valence-electron chi connectivity index (χ1n) is 21.5. The lowest BCUT2D eigenvalue weighted by Gasteiger charge is -2.35. The number of hydrogen-bond donors (Lipinski definition) is 3. The van der Waals surface area contributed by atoms with E-state index < -0.39 is 92.6 Å². The number of halogens is 4. The third-order valence-corrected chi connectivity index (χ3v) is 15.4. The summed E-state index contributed by atoms with van der Waals surface area (Å²) < 4.78 is 105. The molecule has 2 saturated carbocycles. The van der Waals surface area contributed by atoms with E-state index in [2.05, 4.69) is 10.6 Å². The second-order valence-electron chi connectivity index (χ2n) is 18.1. The van der Waals surface area contributed by atoms with Crippen molar-refractivity contribution in [1.29, 1.82) is 0 Å². The highest BCUT2D eigenvalue weighted by Gasteiger charge is 2.64. The van der Waals surface area contributed by atoms with Gasteiger partial charge in [0.2, 0.25) is 39.2 Å². The molecule has 1 aromatic carbocycles. The fraction of sp³-hybridized carbons (Fsp3) is 0.651. The number of nitrogens with one attached hydrogen (secondary N) is 3. The lowest BCUT2D eigenvalue weighted by atomic mass is 9.85. The number of alkyl halides is 4. The molecule has 0 bridgehead atoms. The molecule has 2 aliphatic carbocycles. The zero-order chi connectivity index (χ0) is 45.7. The summed E-state index contributed by atoms with van der Waals surface area (Å²) in [7, 11) is -2.95. The molecule has 3 fully saturated rings. The van der Waals surface area contributed by atoms with Gasteiger partial charge in [-0.05, 0) is 101 Å². The van der Waals surface area contributed by atoms with Crippen LogP contribution in [0.25, 0.3) is 10.8 Å². The van der Waals surface area contributed by atoms with Crippen LogP contribution in [0.4, 0.5) is 22.4 Å². The van der Waals surface area contributed by atoms with Crippen LogP contribution in [-0.2, 0) is 35.6 Å². The number of methoxy groups -OCH3 is 1. The Kier molecular flexibility index (Phi) is 12.6. The van der Waals surface area contributed by atoms with Crippen LogP contribution in [0.15, 0.2) is 30.4 Å². The SMILES string of the molecule is CC[C@@H]1C[C@H](C)CC/C=C\[C@@H]2C[C@@]2(C(=O)NS(=O)(=O)C2(CF)CC2)NC(=O)[C@@H]2C[C@@H](Oc3nc4c(c5cc(OC)ccc35)CCCO4)CN2C(=O)[C@H]1NC(=O)OC(C)(C)C(F)(F)F. The lowest BCUT2D eigenvalue weighted by molar-refractivity contribution is -0.244. The number of alkyl carbamates (subject to hydrolysis) is 1. The standard InChI is InChI=1S/C43H55F4N5O10S/c1-6-25-18-24(2)10-7-8-11-26-21-42(26,38(55)51-63(57,58)41(23-44)15-16-41)50-34(53)32-20-28(22-52(32)37(54)33(25)48-39(56)62-40(3,4)43(45,46)47)61-36-30-14-13-27(59-5)19-31(30)29-12-9-17-60-35(29)49-36/h8,11,13-14,19,24-26,28,32-33H,6-7,9-10,12,15-18,20-23H2,1-5H3,(H,48,56)(H,50,53)(H,51,55)/b11-8-/t24-,25-,26-,28-,32+,33+,42-/m1/s1. The molecule has 0 unspecified atom stereocenters. The van der Waals surface area contributed by atoms with Crippen LogP contribution in [0.1, 0.15) is 91.0 Å². The van der Waals surface area contributed by atoms with Crippen LogP contribution in [-0.4, -0.2) is 109 Å².